The molecule has 3 heterocycles. The second kappa shape index (κ2) is 9.82. The molecule has 4 rings (SSSR count). The summed E-state index contributed by atoms with van der Waals surface area (Å²) in [5, 5.41) is 5.50. The van der Waals surface area contributed by atoms with Crippen molar-refractivity contribution in [3.63, 3.8) is 0 Å². The third-order valence-corrected chi connectivity index (χ3v) is 7.66. The summed E-state index contributed by atoms with van der Waals surface area (Å²) in [5.41, 5.74) is 0.898. The van der Waals surface area contributed by atoms with Crippen LogP contribution in [0.4, 0.5) is 5.13 Å². The van der Waals surface area contributed by atoms with E-state index in [1.807, 2.05) is 47.9 Å². The van der Waals surface area contributed by atoms with Gasteiger partial charge in [0.25, 0.3) is 5.91 Å². The second-order valence-electron chi connectivity index (χ2n) is 6.69. The number of nitrogens with zero attached hydrogens (tertiary/aromatic N) is 2. The van der Waals surface area contributed by atoms with Gasteiger partial charge in [-0.05, 0) is 42.5 Å². The van der Waals surface area contributed by atoms with Crippen molar-refractivity contribution in [2.24, 2.45) is 0 Å². The van der Waals surface area contributed by atoms with Crippen molar-refractivity contribution in [1.29, 1.82) is 0 Å². The largest absolute Gasteiger partial charge is 0.302 e. The molecule has 1 aliphatic rings. The summed E-state index contributed by atoms with van der Waals surface area (Å²) >= 11 is 9.80. The summed E-state index contributed by atoms with van der Waals surface area (Å²) < 4.78 is 1.67. The SMILES string of the molecule is O=C(CCCCCN1C(=O)/C(=C/c2cccs2)SC1=S)Nc1nc2ccccc2s1. The summed E-state index contributed by atoms with van der Waals surface area (Å²) in [4.78, 5) is 32.6. The fourth-order valence-electron chi connectivity index (χ4n) is 3.04. The van der Waals surface area contributed by atoms with E-state index in [0.717, 1.165) is 34.4 Å². The Balaban J connectivity index is 1.19. The van der Waals surface area contributed by atoms with Crippen molar-refractivity contribution in [1.82, 2.24) is 9.88 Å². The van der Waals surface area contributed by atoms with Crippen LogP contribution in [0.1, 0.15) is 30.6 Å². The van der Waals surface area contributed by atoms with Crippen LogP contribution in [-0.2, 0) is 9.59 Å². The van der Waals surface area contributed by atoms with Crippen molar-refractivity contribution in [3.8, 4) is 0 Å². The summed E-state index contributed by atoms with van der Waals surface area (Å²) in [6, 6.07) is 11.8. The first-order valence-electron chi connectivity index (χ1n) is 9.54. The average Bonchev–Trinajstić information content (AvgIpc) is 3.43. The Kier molecular flexibility index (Phi) is 6.93. The summed E-state index contributed by atoms with van der Waals surface area (Å²) in [7, 11) is 0. The molecule has 3 aromatic rings. The van der Waals surface area contributed by atoms with Crippen LogP contribution in [0.3, 0.4) is 0 Å². The molecule has 0 unspecified atom stereocenters. The normalized spacial score (nSPS) is 15.5. The third-order valence-electron chi connectivity index (χ3n) is 4.52. The smallest absolute Gasteiger partial charge is 0.266 e. The van der Waals surface area contributed by atoms with Gasteiger partial charge in [0.2, 0.25) is 5.91 Å². The highest BCUT2D eigenvalue weighted by Crippen LogP contribution is 2.33. The summed E-state index contributed by atoms with van der Waals surface area (Å²) in [6.45, 7) is 0.589. The zero-order valence-corrected chi connectivity index (χ0v) is 19.3. The van der Waals surface area contributed by atoms with Crippen LogP contribution in [0.2, 0.25) is 0 Å². The Labute approximate surface area is 192 Å². The molecule has 0 atom stereocenters. The van der Waals surface area contributed by atoms with E-state index in [0.29, 0.717) is 27.3 Å². The molecule has 1 aromatic carbocycles. The van der Waals surface area contributed by atoms with Crippen molar-refractivity contribution in [2.75, 3.05) is 11.9 Å². The highest BCUT2D eigenvalue weighted by Gasteiger charge is 2.31. The maximum absolute atomic E-state index is 12.6. The quantitative estimate of drug-likeness (QED) is 0.256. The van der Waals surface area contributed by atoms with Gasteiger partial charge < -0.3 is 5.32 Å². The number of amides is 2. The van der Waals surface area contributed by atoms with E-state index >= 15 is 0 Å². The Morgan fingerprint density at radius 1 is 1.17 bits per heavy atom. The maximum Gasteiger partial charge on any atom is 0.266 e. The van der Waals surface area contributed by atoms with Crippen molar-refractivity contribution < 1.29 is 9.59 Å². The van der Waals surface area contributed by atoms with Crippen LogP contribution in [-0.4, -0.2) is 32.6 Å². The molecule has 5 nitrogen and oxygen atoms in total. The van der Waals surface area contributed by atoms with Crippen LogP contribution in [0.25, 0.3) is 16.3 Å². The fourth-order valence-corrected chi connectivity index (χ4v) is 5.95. The number of nitrogens with one attached hydrogen (secondary N) is 1. The number of benzene rings is 1. The van der Waals surface area contributed by atoms with Gasteiger partial charge in [0.1, 0.15) is 4.32 Å². The average molecular weight is 474 g/mol. The predicted molar refractivity (Wildman–Crippen MR) is 131 cm³/mol. The number of anilines is 1. The molecule has 2 aromatic heterocycles. The van der Waals surface area contributed by atoms with E-state index in [4.69, 9.17) is 12.2 Å². The number of hydrogen-bond acceptors (Lipinski definition) is 7. The molecule has 1 saturated heterocycles. The fraction of sp³-hybridized carbons (Fsp3) is 0.238. The minimum atomic E-state index is -0.0291. The first kappa shape index (κ1) is 21.2. The zero-order chi connectivity index (χ0) is 20.9. The molecule has 1 N–H and O–H groups in total. The first-order valence-corrected chi connectivity index (χ1v) is 12.5. The van der Waals surface area contributed by atoms with Crippen molar-refractivity contribution in [3.05, 3.63) is 51.6 Å². The van der Waals surface area contributed by atoms with Crippen LogP contribution in [0.5, 0.6) is 0 Å². The first-order chi connectivity index (χ1) is 14.6. The second-order valence-corrected chi connectivity index (χ2v) is 10.4. The van der Waals surface area contributed by atoms with Gasteiger partial charge in [0.15, 0.2) is 5.13 Å². The maximum atomic E-state index is 12.6. The van der Waals surface area contributed by atoms with Gasteiger partial charge in [-0.2, -0.15) is 0 Å². The van der Waals surface area contributed by atoms with Crippen molar-refractivity contribution in [2.45, 2.75) is 25.7 Å². The standard InChI is InChI=1S/C21H19N3O2S4/c25-18(23-20-22-15-8-3-4-9-16(15)29-20)10-2-1-5-11-24-19(26)17(30-21(24)27)13-14-7-6-12-28-14/h3-4,6-9,12-13H,1-2,5,10-11H2,(H,22,23,25)/b17-13-. The number of thiazole rings is 1. The molecule has 0 saturated carbocycles. The lowest BCUT2D eigenvalue weighted by Crippen LogP contribution is -2.29. The highest BCUT2D eigenvalue weighted by molar-refractivity contribution is 8.26. The Bertz CT molecular complexity index is 1070. The Morgan fingerprint density at radius 3 is 2.83 bits per heavy atom. The molecule has 0 bridgehead atoms. The van der Waals surface area contributed by atoms with Gasteiger partial charge in [0.05, 0.1) is 15.1 Å². The number of fused-ring (bicyclic) bond motifs is 1. The Morgan fingerprint density at radius 2 is 2.03 bits per heavy atom. The lowest BCUT2D eigenvalue weighted by atomic mass is 10.2. The van der Waals surface area contributed by atoms with Gasteiger partial charge in [-0.1, -0.05) is 59.9 Å². The van der Waals surface area contributed by atoms with Gasteiger partial charge in [-0.15, -0.1) is 11.3 Å². The van der Waals surface area contributed by atoms with E-state index in [2.05, 4.69) is 10.3 Å². The number of para-hydroxylation sites is 1. The summed E-state index contributed by atoms with van der Waals surface area (Å²) in [5.74, 6) is -0.0504. The van der Waals surface area contributed by atoms with Crippen LogP contribution < -0.4 is 5.32 Å². The number of carbonyl (C=O) groups is 2. The molecule has 1 fully saturated rings. The molecule has 0 radical (unpaired) electrons. The Hall–Kier alpha value is -2.07. The van der Waals surface area contributed by atoms with Crippen molar-refractivity contribution >= 4 is 84.2 Å². The van der Waals surface area contributed by atoms with Crippen LogP contribution in [0, 0.1) is 0 Å². The molecule has 0 aliphatic carbocycles. The summed E-state index contributed by atoms with van der Waals surface area (Å²) in [6.07, 6.45) is 4.76. The molecule has 9 heteroatoms. The molecule has 2 amide bonds. The molecule has 1 aliphatic heterocycles. The minimum absolute atomic E-state index is 0.0213. The monoisotopic (exact) mass is 473 g/mol. The van der Waals surface area contributed by atoms with E-state index in [1.165, 1.54) is 23.1 Å². The molecule has 0 spiro atoms. The number of thiocarbonyl (C=S) groups is 1. The van der Waals surface area contributed by atoms with E-state index < -0.39 is 0 Å². The number of rotatable bonds is 8. The zero-order valence-electron chi connectivity index (χ0n) is 16.0. The highest BCUT2D eigenvalue weighted by atomic mass is 32.2. The van der Waals surface area contributed by atoms with E-state index in [-0.39, 0.29) is 11.8 Å². The van der Waals surface area contributed by atoms with Gasteiger partial charge >= 0.3 is 0 Å². The van der Waals surface area contributed by atoms with Crippen LogP contribution >= 0.6 is 46.7 Å². The topological polar surface area (TPSA) is 62.3 Å². The van der Waals surface area contributed by atoms with Gasteiger partial charge in [0, 0.05) is 17.8 Å². The number of thioether (sulfide) groups is 1. The number of hydrogen-bond donors (Lipinski definition) is 1. The molecular weight excluding hydrogens is 455 g/mol. The number of thiophene rings is 1. The molecule has 30 heavy (non-hydrogen) atoms. The molecular formula is C21H19N3O2S4. The third kappa shape index (κ3) is 5.15. The van der Waals surface area contributed by atoms with Gasteiger partial charge in [-0.25, -0.2) is 4.98 Å². The van der Waals surface area contributed by atoms with Crippen LogP contribution in [0.15, 0.2) is 46.7 Å². The number of carbonyl (C=O) groups excluding carboxylic acids is 2. The number of unbranched alkanes of at least 4 members (excludes halogenated alkanes) is 2. The van der Waals surface area contributed by atoms with E-state index in [9.17, 15) is 9.59 Å². The molecule has 154 valence electrons. The minimum Gasteiger partial charge on any atom is -0.302 e. The van der Waals surface area contributed by atoms with E-state index in [1.54, 1.807) is 16.2 Å². The predicted octanol–water partition coefficient (Wildman–Crippen LogP) is 5.76. The lowest BCUT2D eigenvalue weighted by molar-refractivity contribution is -0.122. The van der Waals surface area contributed by atoms with Gasteiger partial charge in [-0.3, -0.25) is 14.5 Å². The lowest BCUT2D eigenvalue weighted by Gasteiger charge is -2.13. The number of aromatic nitrogens is 1.